The Morgan fingerprint density at radius 3 is 2.82 bits per heavy atom. The van der Waals surface area contributed by atoms with Gasteiger partial charge in [0.05, 0.1) is 10.6 Å². The van der Waals surface area contributed by atoms with Crippen LogP contribution in [0.1, 0.15) is 18.9 Å². The fourth-order valence-electron chi connectivity index (χ4n) is 1.30. The van der Waals surface area contributed by atoms with Crippen molar-refractivity contribution in [3.05, 3.63) is 28.8 Å². The summed E-state index contributed by atoms with van der Waals surface area (Å²) in [6, 6.07) is 7.25. The number of hydrogen-bond donors (Lipinski definition) is 1. The van der Waals surface area contributed by atoms with E-state index in [1.54, 1.807) is 18.4 Å². The minimum absolute atomic E-state index is 0.177. The summed E-state index contributed by atoms with van der Waals surface area (Å²) in [7, 11) is -0.787. The van der Waals surface area contributed by atoms with Gasteiger partial charge in [0.25, 0.3) is 0 Å². The zero-order valence-electron chi connectivity index (χ0n) is 9.87. The lowest BCUT2D eigenvalue weighted by molar-refractivity contribution is 0.672. The summed E-state index contributed by atoms with van der Waals surface area (Å²) in [5, 5.41) is 12.6. The highest BCUT2D eigenvalue weighted by Crippen LogP contribution is 2.20. The minimum Gasteiger partial charge on any atom is -0.385 e. The molecule has 0 amide bonds. The van der Waals surface area contributed by atoms with Gasteiger partial charge >= 0.3 is 0 Å². The van der Waals surface area contributed by atoms with Gasteiger partial charge in [0.2, 0.25) is 0 Å². The van der Waals surface area contributed by atoms with Crippen molar-refractivity contribution in [2.75, 3.05) is 18.1 Å². The number of nitriles is 1. The van der Waals surface area contributed by atoms with Crippen LogP contribution < -0.4 is 5.32 Å². The smallest absolute Gasteiger partial charge is 0.101 e. The number of benzene rings is 1. The molecule has 17 heavy (non-hydrogen) atoms. The van der Waals surface area contributed by atoms with Gasteiger partial charge in [-0.05, 0) is 24.6 Å². The standard InChI is InChI=1S/C12H15ClN2OS/c1-9(17(2)16)5-6-15-11-4-3-10(8-14)12(13)7-11/h3-4,7,9,15H,5-6H2,1-2H3. The van der Waals surface area contributed by atoms with Crippen LogP contribution in [-0.4, -0.2) is 22.3 Å². The van der Waals surface area contributed by atoms with Crippen molar-refractivity contribution in [3.8, 4) is 6.07 Å². The first-order chi connectivity index (χ1) is 8.04. The zero-order chi connectivity index (χ0) is 12.8. The van der Waals surface area contributed by atoms with Crippen LogP contribution >= 0.6 is 11.6 Å². The summed E-state index contributed by atoms with van der Waals surface area (Å²) in [4.78, 5) is 0. The molecule has 5 heteroatoms. The largest absolute Gasteiger partial charge is 0.385 e. The van der Waals surface area contributed by atoms with Crippen LogP contribution in [0.4, 0.5) is 5.69 Å². The molecule has 0 aliphatic heterocycles. The Hall–Kier alpha value is -1.05. The van der Waals surface area contributed by atoms with E-state index >= 15 is 0 Å². The molecule has 0 radical (unpaired) electrons. The van der Waals surface area contributed by atoms with E-state index in [1.165, 1.54) is 0 Å². The molecular formula is C12H15ClN2OS. The number of halogens is 1. The molecule has 0 spiro atoms. The van der Waals surface area contributed by atoms with Crippen molar-refractivity contribution >= 4 is 28.1 Å². The van der Waals surface area contributed by atoms with Crippen LogP contribution in [0, 0.1) is 11.3 Å². The summed E-state index contributed by atoms with van der Waals surface area (Å²) < 4.78 is 11.1. The molecule has 2 atom stereocenters. The molecule has 0 aliphatic carbocycles. The van der Waals surface area contributed by atoms with E-state index in [9.17, 15) is 4.21 Å². The van der Waals surface area contributed by atoms with Gasteiger partial charge in [0.1, 0.15) is 6.07 Å². The van der Waals surface area contributed by atoms with Gasteiger partial charge in [-0.25, -0.2) is 0 Å². The van der Waals surface area contributed by atoms with Gasteiger partial charge in [0, 0.05) is 34.5 Å². The Labute approximate surface area is 109 Å². The number of nitrogens with zero attached hydrogens (tertiary/aromatic N) is 1. The molecule has 1 N–H and O–H groups in total. The lowest BCUT2D eigenvalue weighted by Crippen LogP contribution is -2.14. The molecule has 0 heterocycles. The second-order valence-corrected chi connectivity index (χ2v) is 6.04. The van der Waals surface area contributed by atoms with Gasteiger partial charge in [-0.3, -0.25) is 4.21 Å². The normalized spacial score (nSPS) is 13.8. The Morgan fingerprint density at radius 2 is 2.29 bits per heavy atom. The monoisotopic (exact) mass is 270 g/mol. The highest BCUT2D eigenvalue weighted by atomic mass is 35.5. The van der Waals surface area contributed by atoms with E-state index in [4.69, 9.17) is 16.9 Å². The second kappa shape index (κ2) is 6.63. The molecule has 0 fully saturated rings. The Bertz CT molecular complexity index is 456. The molecule has 2 unspecified atom stereocenters. The molecule has 1 aromatic carbocycles. The van der Waals surface area contributed by atoms with Gasteiger partial charge in [-0.15, -0.1) is 0 Å². The molecule has 0 bridgehead atoms. The number of rotatable bonds is 5. The summed E-state index contributed by atoms with van der Waals surface area (Å²) in [5.41, 5.74) is 1.35. The first-order valence-corrected chi connectivity index (χ1v) is 7.30. The third kappa shape index (κ3) is 4.37. The summed E-state index contributed by atoms with van der Waals surface area (Å²) in [6.07, 6.45) is 2.55. The van der Waals surface area contributed by atoms with Crippen LogP contribution in [-0.2, 0) is 10.8 Å². The lowest BCUT2D eigenvalue weighted by Gasteiger charge is -2.10. The molecule has 92 valence electrons. The Balaban J connectivity index is 2.51. The highest BCUT2D eigenvalue weighted by Gasteiger charge is 2.05. The topological polar surface area (TPSA) is 52.9 Å². The molecule has 0 aliphatic rings. The maximum Gasteiger partial charge on any atom is 0.101 e. The molecule has 1 rings (SSSR count). The van der Waals surface area contributed by atoms with E-state index in [0.29, 0.717) is 10.6 Å². The van der Waals surface area contributed by atoms with E-state index in [0.717, 1.165) is 18.7 Å². The zero-order valence-corrected chi connectivity index (χ0v) is 11.4. The number of anilines is 1. The number of hydrogen-bond acceptors (Lipinski definition) is 3. The number of nitrogens with one attached hydrogen (secondary N) is 1. The molecule has 0 saturated carbocycles. The third-order valence-corrected chi connectivity index (χ3v) is 4.22. The van der Waals surface area contributed by atoms with Crippen molar-refractivity contribution in [3.63, 3.8) is 0 Å². The Morgan fingerprint density at radius 1 is 1.59 bits per heavy atom. The van der Waals surface area contributed by atoms with Crippen molar-refractivity contribution in [2.45, 2.75) is 18.6 Å². The lowest BCUT2D eigenvalue weighted by atomic mass is 10.2. The summed E-state index contributed by atoms with van der Waals surface area (Å²) in [5.74, 6) is 0. The second-order valence-electron chi connectivity index (χ2n) is 3.83. The quantitative estimate of drug-likeness (QED) is 0.895. The summed E-state index contributed by atoms with van der Waals surface area (Å²) >= 11 is 5.91. The SMILES string of the molecule is CC(CCNc1ccc(C#N)c(Cl)c1)S(C)=O. The maximum atomic E-state index is 11.1. The van der Waals surface area contributed by atoms with Gasteiger partial charge in [-0.2, -0.15) is 5.26 Å². The van der Waals surface area contributed by atoms with Crippen LogP contribution in [0.15, 0.2) is 18.2 Å². The van der Waals surface area contributed by atoms with Crippen molar-refractivity contribution in [1.82, 2.24) is 0 Å². The van der Waals surface area contributed by atoms with Crippen molar-refractivity contribution in [1.29, 1.82) is 5.26 Å². The fourth-order valence-corrected chi connectivity index (χ4v) is 1.97. The van der Waals surface area contributed by atoms with Crippen LogP contribution in [0.5, 0.6) is 0 Å². The Kier molecular flexibility index (Phi) is 5.46. The average Bonchev–Trinajstić information content (AvgIpc) is 2.29. The van der Waals surface area contributed by atoms with Gasteiger partial charge in [0.15, 0.2) is 0 Å². The molecule has 3 nitrogen and oxygen atoms in total. The van der Waals surface area contributed by atoms with E-state index in [2.05, 4.69) is 5.32 Å². The summed E-state index contributed by atoms with van der Waals surface area (Å²) in [6.45, 7) is 2.70. The van der Waals surface area contributed by atoms with Crippen LogP contribution in [0.2, 0.25) is 5.02 Å². The van der Waals surface area contributed by atoms with E-state index < -0.39 is 10.8 Å². The predicted octanol–water partition coefficient (Wildman–Crippen LogP) is 2.78. The molecular weight excluding hydrogens is 256 g/mol. The van der Waals surface area contributed by atoms with Crippen LogP contribution in [0.25, 0.3) is 0 Å². The van der Waals surface area contributed by atoms with Crippen LogP contribution in [0.3, 0.4) is 0 Å². The first kappa shape index (κ1) is 14.0. The van der Waals surface area contributed by atoms with E-state index in [1.807, 2.05) is 19.1 Å². The van der Waals surface area contributed by atoms with E-state index in [-0.39, 0.29) is 5.25 Å². The van der Waals surface area contributed by atoms with Gasteiger partial charge in [-0.1, -0.05) is 18.5 Å². The van der Waals surface area contributed by atoms with Crippen molar-refractivity contribution < 1.29 is 4.21 Å². The minimum atomic E-state index is -0.787. The maximum absolute atomic E-state index is 11.1. The molecule has 0 saturated heterocycles. The van der Waals surface area contributed by atoms with Crippen molar-refractivity contribution in [2.24, 2.45) is 0 Å². The molecule has 0 aromatic heterocycles. The molecule has 1 aromatic rings. The van der Waals surface area contributed by atoms with Gasteiger partial charge < -0.3 is 5.32 Å². The highest BCUT2D eigenvalue weighted by molar-refractivity contribution is 7.84. The third-order valence-electron chi connectivity index (χ3n) is 2.54. The first-order valence-electron chi connectivity index (χ1n) is 5.30. The average molecular weight is 271 g/mol. The predicted molar refractivity (Wildman–Crippen MR) is 72.8 cm³/mol. The fraction of sp³-hybridized carbons (Fsp3) is 0.417.